The number of hydrogen-bond acceptors (Lipinski definition) is 0. The van der Waals surface area contributed by atoms with Crippen LogP contribution in [0.25, 0.3) is 21.8 Å². The molecule has 1 aliphatic rings. The lowest BCUT2D eigenvalue weighted by molar-refractivity contribution is 0.390. The predicted octanol–water partition coefficient (Wildman–Crippen LogP) is 8.89. The Labute approximate surface area is 179 Å². The number of nitrogens with zero attached hydrogens (tertiary/aromatic N) is 1. The number of aryl methyl sites for hydroxylation is 1. The summed E-state index contributed by atoms with van der Waals surface area (Å²) in [5.41, 5.74) is 3.82. The molecule has 1 fully saturated rings. The minimum atomic E-state index is -0.844. The Balaban J connectivity index is 0.000000166. The number of benzene rings is 2. The second kappa shape index (κ2) is 9.98. The van der Waals surface area contributed by atoms with Crippen molar-refractivity contribution in [1.29, 1.82) is 0 Å². The summed E-state index contributed by atoms with van der Waals surface area (Å²) in [6.07, 6.45) is 5.98. The van der Waals surface area contributed by atoms with Crippen molar-refractivity contribution >= 4 is 29.9 Å². The summed E-state index contributed by atoms with van der Waals surface area (Å²) in [5, 5.41) is 2.71. The van der Waals surface area contributed by atoms with Gasteiger partial charge in [-0.15, -0.1) is 0 Å². The average Bonchev–Trinajstić information content (AvgIpc) is 3.12. The normalized spacial score (nSPS) is 21.1. The third-order valence-corrected chi connectivity index (χ3v) is 14.6. The van der Waals surface area contributed by atoms with E-state index in [1.54, 1.807) is 24.6 Å². The number of aromatic nitrogens is 1. The fourth-order valence-electron chi connectivity index (χ4n) is 6.33. The van der Waals surface area contributed by atoms with Crippen molar-refractivity contribution < 1.29 is 0 Å². The number of hydrogen-bond donors (Lipinski definition) is 0. The quantitative estimate of drug-likeness (QED) is 0.372. The highest BCUT2D eigenvalue weighted by molar-refractivity contribution is 6.81. The van der Waals surface area contributed by atoms with Gasteiger partial charge in [-0.1, -0.05) is 108 Å². The van der Waals surface area contributed by atoms with Crippen molar-refractivity contribution in [3.05, 3.63) is 48.5 Å². The molecule has 1 aliphatic heterocycles. The van der Waals surface area contributed by atoms with Crippen LogP contribution in [0.15, 0.2) is 48.5 Å². The monoisotopic (exact) mass is 407 g/mol. The van der Waals surface area contributed by atoms with Crippen LogP contribution in [-0.2, 0) is 6.54 Å². The second-order valence-corrected chi connectivity index (χ2v) is 14.3. The summed E-state index contributed by atoms with van der Waals surface area (Å²) < 4.78 is 2.37. The topological polar surface area (TPSA) is 4.93 Å². The molecule has 0 bridgehead atoms. The molecule has 0 amide bonds. The van der Waals surface area contributed by atoms with Crippen molar-refractivity contribution in [2.75, 3.05) is 0 Å². The lowest BCUT2D eigenvalue weighted by Crippen LogP contribution is -2.44. The lowest BCUT2D eigenvalue weighted by atomic mass is 9.94. The van der Waals surface area contributed by atoms with E-state index in [0.717, 1.165) is 18.0 Å². The molecule has 1 saturated heterocycles. The highest BCUT2D eigenvalue weighted by atomic mass is 28.3. The maximum atomic E-state index is 2.47. The van der Waals surface area contributed by atoms with Crippen molar-refractivity contribution in [3.63, 3.8) is 0 Å². The summed E-state index contributed by atoms with van der Waals surface area (Å²) in [6, 6.07) is 21.9. The largest absolute Gasteiger partial charge is 0.341 e. The standard InChI is InChI=1S/C14H13N.C13H28Si/c1-2-15-13-9-5-3-7-11(13)12-8-4-6-10-14(12)15;1-5-12-10-9-11-14(7-3,8-4)13(12)6-2/h3-10H,2H2,1H3;12-13H,5-11H2,1-4H3. The van der Waals surface area contributed by atoms with E-state index in [1.807, 2.05) is 0 Å². The zero-order valence-corrected chi connectivity index (χ0v) is 20.4. The average molecular weight is 408 g/mol. The second-order valence-electron chi connectivity index (χ2n) is 8.92. The molecule has 0 radical (unpaired) electrons. The minimum absolute atomic E-state index is 0.844. The van der Waals surface area contributed by atoms with Crippen molar-refractivity contribution in [2.24, 2.45) is 5.92 Å². The van der Waals surface area contributed by atoms with Gasteiger partial charge in [-0.25, -0.2) is 0 Å². The Hall–Kier alpha value is -1.54. The van der Waals surface area contributed by atoms with Crippen LogP contribution in [0.4, 0.5) is 0 Å². The number of para-hydroxylation sites is 2. The Morgan fingerprint density at radius 3 is 1.79 bits per heavy atom. The van der Waals surface area contributed by atoms with E-state index in [1.165, 1.54) is 41.1 Å². The smallest absolute Gasteiger partial charge is 0.0564 e. The maximum Gasteiger partial charge on any atom is 0.0564 e. The molecular formula is C27H41NSi. The SMILES string of the molecule is CCC1CCC[Si](CC)(CC)C1CC.CCn1c2ccccc2c2ccccc21. The van der Waals surface area contributed by atoms with E-state index in [0.29, 0.717) is 0 Å². The van der Waals surface area contributed by atoms with E-state index < -0.39 is 8.07 Å². The van der Waals surface area contributed by atoms with Crippen LogP contribution in [0.5, 0.6) is 0 Å². The maximum absolute atomic E-state index is 2.47. The van der Waals surface area contributed by atoms with Gasteiger partial charge in [-0.05, 0) is 30.5 Å². The number of rotatable bonds is 5. The van der Waals surface area contributed by atoms with Gasteiger partial charge >= 0.3 is 0 Å². The molecule has 0 N–H and O–H groups in total. The van der Waals surface area contributed by atoms with Gasteiger partial charge in [0.25, 0.3) is 0 Å². The molecule has 1 nitrogen and oxygen atoms in total. The summed E-state index contributed by atoms with van der Waals surface area (Å²) in [4.78, 5) is 0. The third-order valence-electron chi connectivity index (χ3n) is 7.97. The van der Waals surface area contributed by atoms with Gasteiger partial charge in [0, 0.05) is 28.4 Å². The van der Waals surface area contributed by atoms with Crippen LogP contribution in [0, 0.1) is 5.92 Å². The molecule has 2 aromatic carbocycles. The van der Waals surface area contributed by atoms with Crippen molar-refractivity contribution in [3.8, 4) is 0 Å². The van der Waals surface area contributed by atoms with Gasteiger partial charge in [0.1, 0.15) is 0 Å². The Bertz CT molecular complexity index is 852. The Kier molecular flexibility index (Phi) is 7.62. The molecule has 0 spiro atoms. The van der Waals surface area contributed by atoms with Gasteiger partial charge in [-0.3, -0.25) is 0 Å². The first-order chi connectivity index (χ1) is 14.2. The molecule has 158 valence electrons. The van der Waals surface area contributed by atoms with Crippen molar-refractivity contribution in [2.45, 2.75) is 90.5 Å². The first-order valence-electron chi connectivity index (χ1n) is 12.1. The van der Waals surface area contributed by atoms with E-state index in [4.69, 9.17) is 0 Å². The van der Waals surface area contributed by atoms with E-state index in [2.05, 4.69) is 87.7 Å². The molecule has 0 aliphatic carbocycles. The van der Waals surface area contributed by atoms with E-state index in [-0.39, 0.29) is 0 Å². The van der Waals surface area contributed by atoms with E-state index in [9.17, 15) is 0 Å². The van der Waals surface area contributed by atoms with Crippen LogP contribution in [-0.4, -0.2) is 12.6 Å². The predicted molar refractivity (Wildman–Crippen MR) is 134 cm³/mol. The molecule has 2 atom stereocenters. The Morgan fingerprint density at radius 2 is 1.34 bits per heavy atom. The number of fused-ring (bicyclic) bond motifs is 3. The Morgan fingerprint density at radius 1 is 0.793 bits per heavy atom. The summed E-state index contributed by atoms with van der Waals surface area (Å²) >= 11 is 0. The molecule has 2 heteroatoms. The van der Waals surface area contributed by atoms with Gasteiger partial charge in [0.15, 0.2) is 0 Å². The zero-order chi connectivity index (χ0) is 20.9. The molecule has 2 heterocycles. The highest BCUT2D eigenvalue weighted by Gasteiger charge is 2.42. The summed E-state index contributed by atoms with van der Waals surface area (Å²) in [6.45, 7) is 13.0. The van der Waals surface area contributed by atoms with Crippen LogP contribution >= 0.6 is 0 Å². The van der Waals surface area contributed by atoms with Gasteiger partial charge in [-0.2, -0.15) is 0 Å². The molecule has 29 heavy (non-hydrogen) atoms. The van der Waals surface area contributed by atoms with Gasteiger partial charge < -0.3 is 4.57 Å². The van der Waals surface area contributed by atoms with Crippen LogP contribution in [0.2, 0.25) is 23.7 Å². The molecule has 2 unspecified atom stereocenters. The minimum Gasteiger partial charge on any atom is -0.341 e. The van der Waals surface area contributed by atoms with Crippen LogP contribution in [0.3, 0.4) is 0 Å². The molecule has 0 saturated carbocycles. The van der Waals surface area contributed by atoms with Gasteiger partial charge in [0.05, 0.1) is 8.07 Å². The molecule has 3 aromatic rings. The highest BCUT2D eigenvalue weighted by Crippen LogP contribution is 2.48. The first kappa shape index (κ1) is 22.1. The van der Waals surface area contributed by atoms with Gasteiger partial charge in [0.2, 0.25) is 0 Å². The summed E-state index contributed by atoms with van der Waals surface area (Å²) in [5.74, 6) is 1.08. The van der Waals surface area contributed by atoms with E-state index >= 15 is 0 Å². The molecular weight excluding hydrogens is 366 g/mol. The molecule has 4 rings (SSSR count). The van der Waals surface area contributed by atoms with Crippen molar-refractivity contribution in [1.82, 2.24) is 4.57 Å². The lowest BCUT2D eigenvalue weighted by Gasteiger charge is -2.46. The first-order valence-corrected chi connectivity index (χ1v) is 14.8. The molecule has 1 aromatic heterocycles. The van der Waals surface area contributed by atoms with Crippen LogP contribution in [0.1, 0.15) is 60.3 Å². The fourth-order valence-corrected chi connectivity index (χ4v) is 12.1. The fraction of sp³-hybridized carbons (Fsp3) is 0.556. The summed E-state index contributed by atoms with van der Waals surface area (Å²) in [7, 11) is -0.844. The van der Waals surface area contributed by atoms with Crippen LogP contribution < -0.4 is 0 Å². The zero-order valence-electron chi connectivity index (χ0n) is 19.4. The third kappa shape index (κ3) is 4.19.